The van der Waals surface area contributed by atoms with E-state index in [1.165, 1.54) is 16.9 Å². The Balaban J connectivity index is 2.95. The molecular formula is C9H6F3NO2S. The van der Waals surface area contributed by atoms with E-state index in [4.69, 9.17) is 6.42 Å². The molecule has 0 atom stereocenters. The van der Waals surface area contributed by atoms with Crippen LogP contribution in [0.25, 0.3) is 0 Å². The van der Waals surface area contributed by atoms with Crippen LogP contribution in [0.5, 0.6) is 0 Å². The molecular weight excluding hydrogens is 243 g/mol. The van der Waals surface area contributed by atoms with E-state index in [-0.39, 0.29) is 5.69 Å². The summed E-state index contributed by atoms with van der Waals surface area (Å²) >= 11 is 0. The fourth-order valence-electron chi connectivity index (χ4n) is 0.848. The van der Waals surface area contributed by atoms with E-state index < -0.39 is 15.5 Å². The smallest absolute Gasteiger partial charge is 0.276 e. The number of anilines is 1. The molecule has 3 nitrogen and oxygen atoms in total. The SMILES string of the molecule is C#Cc1ccc(NS(=O)(=O)C(F)(F)F)cc1. The maximum Gasteiger partial charge on any atom is 0.516 e. The molecule has 1 aromatic rings. The largest absolute Gasteiger partial charge is 0.516 e. The average Bonchev–Trinajstić information content (AvgIpc) is 2.16. The van der Waals surface area contributed by atoms with Crippen molar-refractivity contribution in [3.8, 4) is 12.3 Å². The lowest BCUT2D eigenvalue weighted by Crippen LogP contribution is -2.29. The third kappa shape index (κ3) is 2.67. The molecule has 0 saturated heterocycles. The molecule has 0 aliphatic carbocycles. The lowest BCUT2D eigenvalue weighted by molar-refractivity contribution is -0.0429. The summed E-state index contributed by atoms with van der Waals surface area (Å²) in [6.45, 7) is 0. The molecule has 0 spiro atoms. The first-order valence-electron chi connectivity index (χ1n) is 3.92. The Morgan fingerprint density at radius 2 is 1.69 bits per heavy atom. The van der Waals surface area contributed by atoms with Crippen LogP contribution in [-0.4, -0.2) is 13.9 Å². The zero-order valence-electron chi connectivity index (χ0n) is 7.75. The van der Waals surface area contributed by atoms with Gasteiger partial charge in [-0.15, -0.1) is 6.42 Å². The Hall–Kier alpha value is -1.68. The molecule has 1 N–H and O–H groups in total. The summed E-state index contributed by atoms with van der Waals surface area (Å²) in [6.07, 6.45) is 5.03. The van der Waals surface area contributed by atoms with E-state index in [9.17, 15) is 21.6 Å². The van der Waals surface area contributed by atoms with Gasteiger partial charge in [-0.25, -0.2) is 0 Å². The van der Waals surface area contributed by atoms with Gasteiger partial charge in [-0.2, -0.15) is 21.6 Å². The maximum absolute atomic E-state index is 12.0. The van der Waals surface area contributed by atoms with Crippen molar-refractivity contribution in [2.24, 2.45) is 0 Å². The average molecular weight is 249 g/mol. The molecule has 0 radical (unpaired) electrons. The summed E-state index contributed by atoms with van der Waals surface area (Å²) < 4.78 is 58.7. The molecule has 1 aromatic carbocycles. The highest BCUT2D eigenvalue weighted by atomic mass is 32.2. The van der Waals surface area contributed by atoms with Gasteiger partial charge in [0.2, 0.25) is 0 Å². The third-order valence-corrected chi connectivity index (χ3v) is 2.72. The minimum Gasteiger partial charge on any atom is -0.276 e. The predicted molar refractivity (Wildman–Crippen MR) is 53.0 cm³/mol. The molecule has 0 aliphatic heterocycles. The molecule has 86 valence electrons. The summed E-state index contributed by atoms with van der Waals surface area (Å²) in [5, 5.41) is 0. The predicted octanol–water partition coefficient (Wildman–Crippen LogP) is 1.93. The van der Waals surface area contributed by atoms with Gasteiger partial charge in [0.05, 0.1) is 0 Å². The Kier molecular flexibility index (Phi) is 3.14. The highest BCUT2D eigenvalue weighted by Gasteiger charge is 2.45. The number of nitrogens with one attached hydrogen (secondary N) is 1. The van der Waals surface area contributed by atoms with E-state index in [1.807, 2.05) is 0 Å². The maximum atomic E-state index is 12.0. The fourth-order valence-corrected chi connectivity index (χ4v) is 1.41. The first kappa shape index (κ1) is 12.4. The second-order valence-electron chi connectivity index (χ2n) is 2.77. The number of sulfonamides is 1. The lowest BCUT2D eigenvalue weighted by atomic mass is 10.2. The monoisotopic (exact) mass is 249 g/mol. The van der Waals surface area contributed by atoms with Gasteiger partial charge in [-0.1, -0.05) is 5.92 Å². The van der Waals surface area contributed by atoms with E-state index in [1.54, 1.807) is 0 Å². The van der Waals surface area contributed by atoms with E-state index in [0.717, 1.165) is 12.1 Å². The van der Waals surface area contributed by atoms with Gasteiger partial charge in [0.15, 0.2) is 0 Å². The van der Waals surface area contributed by atoms with Crippen molar-refractivity contribution in [3.63, 3.8) is 0 Å². The fraction of sp³-hybridized carbons (Fsp3) is 0.111. The Labute approximate surface area is 90.3 Å². The molecule has 0 aromatic heterocycles. The van der Waals surface area contributed by atoms with Gasteiger partial charge in [0.25, 0.3) is 0 Å². The Morgan fingerprint density at radius 1 is 1.19 bits per heavy atom. The molecule has 7 heteroatoms. The van der Waals surface area contributed by atoms with E-state index >= 15 is 0 Å². The van der Waals surface area contributed by atoms with Crippen molar-refractivity contribution in [1.82, 2.24) is 0 Å². The number of hydrogen-bond acceptors (Lipinski definition) is 2. The quantitative estimate of drug-likeness (QED) is 0.814. The molecule has 0 saturated carbocycles. The van der Waals surface area contributed by atoms with Gasteiger partial charge in [0, 0.05) is 11.3 Å². The molecule has 0 amide bonds. The molecule has 0 aliphatic rings. The summed E-state index contributed by atoms with van der Waals surface area (Å²) in [6, 6.07) is 4.96. The summed E-state index contributed by atoms with van der Waals surface area (Å²) in [7, 11) is -5.37. The highest BCUT2D eigenvalue weighted by molar-refractivity contribution is 7.93. The van der Waals surface area contributed by atoms with Gasteiger partial charge in [0.1, 0.15) is 0 Å². The van der Waals surface area contributed by atoms with Gasteiger partial charge in [-0.05, 0) is 24.3 Å². The second-order valence-corrected chi connectivity index (χ2v) is 4.45. The number of terminal acetylenes is 1. The minimum absolute atomic E-state index is 0.198. The van der Waals surface area contributed by atoms with Crippen molar-refractivity contribution < 1.29 is 21.6 Å². The van der Waals surface area contributed by atoms with Crippen LogP contribution in [0.15, 0.2) is 24.3 Å². The number of rotatable bonds is 2. The minimum atomic E-state index is -5.37. The second kappa shape index (κ2) is 4.06. The topological polar surface area (TPSA) is 46.2 Å². The van der Waals surface area contributed by atoms with Gasteiger partial charge < -0.3 is 0 Å². The van der Waals surface area contributed by atoms with Crippen LogP contribution >= 0.6 is 0 Å². The van der Waals surface area contributed by atoms with Crippen molar-refractivity contribution in [1.29, 1.82) is 0 Å². The van der Waals surface area contributed by atoms with E-state index in [2.05, 4.69) is 5.92 Å². The van der Waals surface area contributed by atoms with Crippen LogP contribution in [0.4, 0.5) is 18.9 Å². The first-order valence-corrected chi connectivity index (χ1v) is 5.40. The standard InChI is InChI=1S/C9H6F3NO2S/c1-2-7-3-5-8(6-4-7)13-16(14,15)9(10,11)12/h1,3-6,13H. The summed E-state index contributed by atoms with van der Waals surface area (Å²) in [4.78, 5) is 0. The molecule has 1 rings (SSSR count). The lowest BCUT2D eigenvalue weighted by Gasteiger charge is -2.10. The zero-order valence-corrected chi connectivity index (χ0v) is 8.56. The normalized spacial score (nSPS) is 11.9. The third-order valence-electron chi connectivity index (χ3n) is 1.61. The van der Waals surface area contributed by atoms with Gasteiger partial charge in [-0.3, -0.25) is 4.72 Å². The molecule has 0 bridgehead atoms. The molecule has 0 unspecified atom stereocenters. The van der Waals surface area contributed by atoms with Crippen molar-refractivity contribution >= 4 is 15.7 Å². The van der Waals surface area contributed by atoms with E-state index in [0.29, 0.717) is 5.56 Å². The van der Waals surface area contributed by atoms with Crippen LogP contribution in [0, 0.1) is 12.3 Å². The van der Waals surface area contributed by atoms with Crippen LogP contribution in [0.2, 0.25) is 0 Å². The van der Waals surface area contributed by atoms with Crippen molar-refractivity contribution in [2.45, 2.75) is 5.51 Å². The van der Waals surface area contributed by atoms with Crippen LogP contribution in [0.3, 0.4) is 0 Å². The van der Waals surface area contributed by atoms with Crippen LogP contribution in [0.1, 0.15) is 5.56 Å². The molecule has 0 fully saturated rings. The van der Waals surface area contributed by atoms with Gasteiger partial charge >= 0.3 is 15.5 Å². The van der Waals surface area contributed by atoms with Crippen molar-refractivity contribution in [3.05, 3.63) is 29.8 Å². The molecule has 16 heavy (non-hydrogen) atoms. The molecule has 0 heterocycles. The summed E-state index contributed by atoms with van der Waals surface area (Å²) in [5.41, 5.74) is -5.09. The van der Waals surface area contributed by atoms with Crippen LogP contribution in [-0.2, 0) is 10.0 Å². The summed E-state index contributed by atoms with van der Waals surface area (Å²) in [5.74, 6) is 2.25. The van der Waals surface area contributed by atoms with Crippen molar-refractivity contribution in [2.75, 3.05) is 4.72 Å². The van der Waals surface area contributed by atoms with Crippen LogP contribution < -0.4 is 4.72 Å². The number of hydrogen-bond donors (Lipinski definition) is 1. The Bertz CT molecular complexity index is 511. The zero-order chi connectivity index (χ0) is 12.4. The number of benzene rings is 1. The Morgan fingerprint density at radius 3 is 2.06 bits per heavy atom. The highest BCUT2D eigenvalue weighted by Crippen LogP contribution is 2.25. The number of halogens is 3. The first-order chi connectivity index (χ1) is 7.26. The number of alkyl halides is 3.